The predicted octanol–water partition coefficient (Wildman–Crippen LogP) is 1.67. The summed E-state index contributed by atoms with van der Waals surface area (Å²) in [6, 6.07) is 0.0857. The van der Waals surface area contributed by atoms with Crippen molar-refractivity contribution in [2.75, 3.05) is 6.54 Å². The zero-order valence-corrected chi connectivity index (χ0v) is 12.2. The fraction of sp³-hybridized carbons (Fsp3) is 0.846. The molecule has 0 saturated carbocycles. The van der Waals surface area contributed by atoms with Crippen LogP contribution in [0, 0.1) is 0 Å². The fourth-order valence-corrected chi connectivity index (χ4v) is 2.45. The first-order chi connectivity index (χ1) is 8.82. The largest absolute Gasteiger partial charge is 0.480 e. The lowest BCUT2D eigenvalue weighted by atomic mass is 10.00. The SMILES string of the molecule is CC(C)N(CC(=O)O)C(=O)NN1C(C)CCCC1C. The van der Waals surface area contributed by atoms with Crippen molar-refractivity contribution in [2.45, 2.75) is 65.1 Å². The van der Waals surface area contributed by atoms with Gasteiger partial charge in [-0.1, -0.05) is 6.42 Å². The van der Waals surface area contributed by atoms with Gasteiger partial charge in [-0.3, -0.25) is 10.2 Å². The quantitative estimate of drug-likeness (QED) is 0.815. The number of piperidine rings is 1. The average molecular weight is 271 g/mol. The molecule has 110 valence electrons. The number of hydrazine groups is 1. The number of nitrogens with one attached hydrogen (secondary N) is 1. The van der Waals surface area contributed by atoms with Gasteiger partial charge in [0.15, 0.2) is 0 Å². The number of carboxylic acid groups (broad SMARTS) is 1. The molecule has 1 aliphatic rings. The molecule has 0 bridgehead atoms. The van der Waals surface area contributed by atoms with Crippen LogP contribution in [0.3, 0.4) is 0 Å². The van der Waals surface area contributed by atoms with Crippen molar-refractivity contribution in [3.05, 3.63) is 0 Å². The highest BCUT2D eigenvalue weighted by Gasteiger charge is 2.28. The number of urea groups is 1. The van der Waals surface area contributed by atoms with Gasteiger partial charge < -0.3 is 10.0 Å². The second-order valence-electron chi connectivity index (χ2n) is 5.57. The molecule has 19 heavy (non-hydrogen) atoms. The first kappa shape index (κ1) is 15.8. The second kappa shape index (κ2) is 6.75. The van der Waals surface area contributed by atoms with Crippen molar-refractivity contribution < 1.29 is 14.7 Å². The standard InChI is InChI=1S/C13H25N3O3/c1-9(2)15(8-12(17)18)13(19)14-16-10(3)6-5-7-11(16)4/h9-11H,5-8H2,1-4H3,(H,14,19)(H,17,18). The maximum absolute atomic E-state index is 12.2. The lowest BCUT2D eigenvalue weighted by Crippen LogP contribution is -2.58. The van der Waals surface area contributed by atoms with Gasteiger partial charge in [0.05, 0.1) is 0 Å². The van der Waals surface area contributed by atoms with Gasteiger partial charge in [0.25, 0.3) is 0 Å². The average Bonchev–Trinajstić information content (AvgIpc) is 2.30. The topological polar surface area (TPSA) is 72.9 Å². The first-order valence-corrected chi connectivity index (χ1v) is 6.90. The monoisotopic (exact) mass is 271 g/mol. The zero-order chi connectivity index (χ0) is 14.6. The van der Waals surface area contributed by atoms with Crippen LogP contribution in [-0.2, 0) is 4.79 Å². The minimum absolute atomic E-state index is 0.147. The molecule has 0 aliphatic carbocycles. The van der Waals surface area contributed by atoms with Crippen molar-refractivity contribution >= 4 is 12.0 Å². The molecule has 2 atom stereocenters. The molecule has 0 aromatic rings. The van der Waals surface area contributed by atoms with Crippen molar-refractivity contribution in [1.82, 2.24) is 15.3 Å². The van der Waals surface area contributed by atoms with E-state index < -0.39 is 5.97 Å². The summed E-state index contributed by atoms with van der Waals surface area (Å²) in [5.74, 6) is -0.997. The smallest absolute Gasteiger partial charge is 0.332 e. The Bertz CT molecular complexity index is 323. The van der Waals surface area contributed by atoms with E-state index in [9.17, 15) is 9.59 Å². The van der Waals surface area contributed by atoms with Gasteiger partial charge in [-0.05, 0) is 40.5 Å². The second-order valence-corrected chi connectivity index (χ2v) is 5.57. The maximum atomic E-state index is 12.2. The van der Waals surface area contributed by atoms with Gasteiger partial charge in [0.1, 0.15) is 6.54 Å². The summed E-state index contributed by atoms with van der Waals surface area (Å²) in [6.07, 6.45) is 3.26. The van der Waals surface area contributed by atoms with Gasteiger partial charge in [-0.2, -0.15) is 0 Å². The van der Waals surface area contributed by atoms with Crippen LogP contribution in [0.4, 0.5) is 4.79 Å². The molecule has 6 nitrogen and oxygen atoms in total. The lowest BCUT2D eigenvalue weighted by molar-refractivity contribution is -0.138. The van der Waals surface area contributed by atoms with Crippen LogP contribution >= 0.6 is 0 Å². The van der Waals surface area contributed by atoms with Crippen LogP contribution in [0.5, 0.6) is 0 Å². The summed E-state index contributed by atoms with van der Waals surface area (Å²) in [4.78, 5) is 24.3. The number of carboxylic acids is 1. The number of carbonyl (C=O) groups excluding carboxylic acids is 1. The van der Waals surface area contributed by atoms with Gasteiger partial charge in [-0.25, -0.2) is 9.80 Å². The van der Waals surface area contributed by atoms with Crippen molar-refractivity contribution in [2.24, 2.45) is 0 Å². The van der Waals surface area contributed by atoms with E-state index >= 15 is 0 Å². The van der Waals surface area contributed by atoms with Crippen LogP contribution in [0.25, 0.3) is 0 Å². The predicted molar refractivity (Wildman–Crippen MR) is 72.6 cm³/mol. The summed E-state index contributed by atoms with van der Waals surface area (Å²) in [6.45, 7) is 7.50. The Morgan fingerprint density at radius 3 is 2.26 bits per heavy atom. The number of nitrogens with zero attached hydrogens (tertiary/aromatic N) is 2. The third-order valence-corrected chi connectivity index (χ3v) is 3.61. The Labute approximate surface area is 114 Å². The summed E-state index contributed by atoms with van der Waals surface area (Å²) in [5, 5.41) is 10.8. The Hall–Kier alpha value is -1.30. The van der Waals surface area contributed by atoms with Crippen LogP contribution in [0.1, 0.15) is 47.0 Å². The number of hydrogen-bond acceptors (Lipinski definition) is 3. The Morgan fingerprint density at radius 2 is 1.84 bits per heavy atom. The van der Waals surface area contributed by atoms with E-state index in [0.29, 0.717) is 0 Å². The van der Waals surface area contributed by atoms with Gasteiger partial charge in [-0.15, -0.1) is 0 Å². The first-order valence-electron chi connectivity index (χ1n) is 6.90. The normalized spacial score (nSPS) is 24.3. The van der Waals surface area contributed by atoms with Gasteiger partial charge >= 0.3 is 12.0 Å². The molecule has 2 N–H and O–H groups in total. The minimum atomic E-state index is -0.997. The van der Waals surface area contributed by atoms with E-state index in [-0.39, 0.29) is 30.7 Å². The Morgan fingerprint density at radius 1 is 1.32 bits per heavy atom. The number of carbonyl (C=O) groups is 2. The van der Waals surface area contributed by atoms with Crippen molar-refractivity contribution in [3.8, 4) is 0 Å². The molecule has 0 spiro atoms. The van der Waals surface area contributed by atoms with Crippen LogP contribution in [-0.4, -0.2) is 51.7 Å². The Kier molecular flexibility index (Phi) is 5.60. The van der Waals surface area contributed by atoms with E-state index in [1.165, 1.54) is 4.90 Å². The molecule has 1 saturated heterocycles. The molecule has 0 aromatic heterocycles. The van der Waals surface area contributed by atoms with E-state index in [4.69, 9.17) is 5.11 Å². The molecule has 2 unspecified atom stereocenters. The number of hydrogen-bond donors (Lipinski definition) is 2. The zero-order valence-electron chi connectivity index (χ0n) is 12.2. The van der Waals surface area contributed by atoms with E-state index in [0.717, 1.165) is 19.3 Å². The summed E-state index contributed by atoms with van der Waals surface area (Å²) in [5.41, 5.74) is 2.86. The summed E-state index contributed by atoms with van der Waals surface area (Å²) < 4.78 is 0. The van der Waals surface area contributed by atoms with Gasteiger partial charge in [0, 0.05) is 18.1 Å². The number of aliphatic carboxylic acids is 1. The minimum Gasteiger partial charge on any atom is -0.480 e. The van der Waals surface area contributed by atoms with Crippen molar-refractivity contribution in [1.29, 1.82) is 0 Å². The third kappa shape index (κ3) is 4.38. The molecule has 1 heterocycles. The van der Waals surface area contributed by atoms with Crippen LogP contribution in [0.15, 0.2) is 0 Å². The number of amides is 2. The maximum Gasteiger partial charge on any atom is 0.332 e. The van der Waals surface area contributed by atoms with Crippen LogP contribution in [0.2, 0.25) is 0 Å². The highest BCUT2D eigenvalue weighted by atomic mass is 16.4. The van der Waals surface area contributed by atoms with E-state index in [2.05, 4.69) is 19.3 Å². The molecule has 2 amide bonds. The molecule has 6 heteroatoms. The highest BCUT2D eigenvalue weighted by molar-refractivity contribution is 5.80. The molecule has 1 rings (SSSR count). The van der Waals surface area contributed by atoms with Crippen LogP contribution < -0.4 is 5.43 Å². The van der Waals surface area contributed by atoms with E-state index in [1.807, 2.05) is 18.9 Å². The van der Waals surface area contributed by atoms with Gasteiger partial charge in [0.2, 0.25) is 0 Å². The molecular formula is C13H25N3O3. The lowest BCUT2D eigenvalue weighted by Gasteiger charge is -2.40. The summed E-state index contributed by atoms with van der Waals surface area (Å²) >= 11 is 0. The molecule has 0 radical (unpaired) electrons. The summed E-state index contributed by atoms with van der Waals surface area (Å²) in [7, 11) is 0. The molecule has 0 aromatic carbocycles. The van der Waals surface area contributed by atoms with E-state index in [1.54, 1.807) is 0 Å². The molecular weight excluding hydrogens is 246 g/mol. The molecule has 1 fully saturated rings. The number of rotatable bonds is 4. The third-order valence-electron chi connectivity index (χ3n) is 3.61. The molecule has 1 aliphatic heterocycles. The van der Waals surface area contributed by atoms with Crippen molar-refractivity contribution in [3.63, 3.8) is 0 Å². The Balaban J connectivity index is 2.67. The highest BCUT2D eigenvalue weighted by Crippen LogP contribution is 2.20. The fourth-order valence-electron chi connectivity index (χ4n) is 2.45.